The van der Waals surface area contributed by atoms with Crippen molar-refractivity contribution < 1.29 is 0 Å². The van der Waals surface area contributed by atoms with Gasteiger partial charge in [0.2, 0.25) is 0 Å². The van der Waals surface area contributed by atoms with Gasteiger partial charge in [-0.1, -0.05) is 27.5 Å². The molecule has 0 saturated carbocycles. The fourth-order valence-electron chi connectivity index (χ4n) is 1.42. The number of nitrogens with two attached hydrogens (primary N) is 1. The quantitative estimate of drug-likeness (QED) is 0.608. The first kappa shape index (κ1) is 14.0. The van der Waals surface area contributed by atoms with Gasteiger partial charge in [0.25, 0.3) is 0 Å². The van der Waals surface area contributed by atoms with Crippen molar-refractivity contribution in [3.8, 4) is 0 Å². The molecule has 0 amide bonds. The maximum absolute atomic E-state index is 6.23. The molecule has 1 heterocycles. The molecule has 1 atom stereocenters. The molecule has 0 aliphatic heterocycles. The molecule has 1 unspecified atom stereocenters. The number of rotatable bonds is 2. The predicted octanol–water partition coefficient (Wildman–Crippen LogP) is 5.74. The highest BCUT2D eigenvalue weighted by Crippen LogP contribution is 2.38. The van der Waals surface area contributed by atoms with Crippen molar-refractivity contribution in [2.45, 2.75) is 6.04 Å². The Morgan fingerprint density at radius 2 is 1.88 bits per heavy atom. The molecule has 1 aromatic carbocycles. The van der Waals surface area contributed by atoms with Gasteiger partial charge in [0.05, 0.1) is 9.83 Å². The maximum atomic E-state index is 6.23. The second-order valence-corrected chi connectivity index (χ2v) is 7.99. The molecule has 0 radical (unpaired) electrons. The highest BCUT2D eigenvalue weighted by Gasteiger charge is 2.16. The molecule has 0 aliphatic carbocycles. The van der Waals surface area contributed by atoms with Gasteiger partial charge in [0.15, 0.2) is 0 Å². The fourth-order valence-corrected chi connectivity index (χ4v) is 4.15. The van der Waals surface area contributed by atoms with E-state index in [4.69, 9.17) is 17.3 Å². The smallest absolute Gasteiger partial charge is 0.0843 e. The fraction of sp³-hybridized carbons (Fsp3) is 0.0909. The second kappa shape index (κ2) is 5.72. The van der Waals surface area contributed by atoms with Crippen LogP contribution in [0.5, 0.6) is 0 Å². The minimum absolute atomic E-state index is 0.215. The molecule has 1 aromatic heterocycles. The summed E-state index contributed by atoms with van der Waals surface area (Å²) >= 11 is 18.1. The summed E-state index contributed by atoms with van der Waals surface area (Å²) in [6.45, 7) is 0. The first-order valence-corrected chi connectivity index (χ1v) is 8.21. The molecule has 2 N–H and O–H groups in total. The molecule has 6 heteroatoms. The van der Waals surface area contributed by atoms with Gasteiger partial charge in [-0.3, -0.25) is 0 Å². The van der Waals surface area contributed by atoms with Crippen LogP contribution in [0.1, 0.15) is 16.5 Å². The largest absolute Gasteiger partial charge is 0.320 e. The molecule has 90 valence electrons. The average molecular weight is 460 g/mol. The van der Waals surface area contributed by atoms with Crippen molar-refractivity contribution in [3.63, 3.8) is 0 Å². The molecular formula is C11H7Br3ClNS. The van der Waals surface area contributed by atoms with Crippen molar-refractivity contribution in [3.05, 3.63) is 52.5 Å². The lowest BCUT2D eigenvalue weighted by molar-refractivity contribution is 0.892. The lowest BCUT2D eigenvalue weighted by Gasteiger charge is -2.12. The minimum atomic E-state index is -0.215. The Hall–Kier alpha value is 0.610. The van der Waals surface area contributed by atoms with E-state index in [0.29, 0.717) is 5.02 Å². The summed E-state index contributed by atoms with van der Waals surface area (Å²) in [5.41, 5.74) is 7.15. The van der Waals surface area contributed by atoms with Crippen molar-refractivity contribution in [1.29, 1.82) is 0 Å². The van der Waals surface area contributed by atoms with E-state index in [9.17, 15) is 0 Å². The Bertz CT molecular complexity index is 536. The van der Waals surface area contributed by atoms with E-state index in [1.807, 2.05) is 24.3 Å². The summed E-state index contributed by atoms with van der Waals surface area (Å²) in [7, 11) is 0. The van der Waals surface area contributed by atoms with E-state index in [1.165, 1.54) is 0 Å². The van der Waals surface area contributed by atoms with Crippen LogP contribution in [0.4, 0.5) is 0 Å². The van der Waals surface area contributed by atoms with Crippen LogP contribution in [0.3, 0.4) is 0 Å². The Kier molecular flexibility index (Phi) is 4.72. The summed E-state index contributed by atoms with van der Waals surface area (Å²) in [6.07, 6.45) is 0. The molecular weight excluding hydrogens is 453 g/mol. The minimum Gasteiger partial charge on any atom is -0.320 e. The second-order valence-electron chi connectivity index (χ2n) is 3.41. The molecule has 2 rings (SSSR count). The Morgan fingerprint density at radius 1 is 1.18 bits per heavy atom. The summed E-state index contributed by atoms with van der Waals surface area (Å²) < 4.78 is 3.02. The number of benzene rings is 1. The molecule has 0 spiro atoms. The van der Waals surface area contributed by atoms with Crippen LogP contribution in [0.25, 0.3) is 0 Å². The van der Waals surface area contributed by atoms with Crippen LogP contribution in [-0.2, 0) is 0 Å². The van der Waals surface area contributed by atoms with Gasteiger partial charge < -0.3 is 5.73 Å². The van der Waals surface area contributed by atoms with E-state index in [2.05, 4.69) is 47.8 Å². The van der Waals surface area contributed by atoms with Crippen LogP contribution < -0.4 is 5.73 Å². The average Bonchev–Trinajstić information content (AvgIpc) is 2.62. The van der Waals surface area contributed by atoms with Crippen molar-refractivity contribution in [2.75, 3.05) is 0 Å². The molecule has 0 saturated heterocycles. The third-order valence-corrected chi connectivity index (χ3v) is 6.44. The predicted molar refractivity (Wildman–Crippen MR) is 84.9 cm³/mol. The standard InChI is InChI=1S/C11H7Br3ClNS/c12-5-1-2-8(15)6(3-5)10(16)9-4-7(13)11(14)17-9/h1-4,10H,16H2. The van der Waals surface area contributed by atoms with Gasteiger partial charge in [0.1, 0.15) is 0 Å². The Labute approximate surface area is 134 Å². The number of halogens is 4. The Morgan fingerprint density at radius 3 is 2.47 bits per heavy atom. The normalized spacial score (nSPS) is 12.8. The van der Waals surface area contributed by atoms with Crippen molar-refractivity contribution in [1.82, 2.24) is 0 Å². The number of thiophene rings is 1. The molecule has 0 fully saturated rings. The van der Waals surface area contributed by atoms with E-state index < -0.39 is 0 Å². The van der Waals surface area contributed by atoms with E-state index in [-0.39, 0.29) is 6.04 Å². The van der Waals surface area contributed by atoms with Gasteiger partial charge in [0, 0.05) is 18.8 Å². The van der Waals surface area contributed by atoms with Gasteiger partial charge in [-0.2, -0.15) is 0 Å². The number of hydrogen-bond donors (Lipinski definition) is 1. The maximum Gasteiger partial charge on any atom is 0.0843 e. The Balaban J connectivity index is 2.42. The zero-order valence-corrected chi connectivity index (χ0v) is 14.7. The zero-order valence-electron chi connectivity index (χ0n) is 8.38. The zero-order chi connectivity index (χ0) is 12.6. The highest BCUT2D eigenvalue weighted by atomic mass is 79.9. The third-order valence-electron chi connectivity index (χ3n) is 2.26. The summed E-state index contributed by atoms with van der Waals surface area (Å²) in [5.74, 6) is 0. The molecule has 1 nitrogen and oxygen atoms in total. The van der Waals surface area contributed by atoms with Gasteiger partial charge in [-0.05, 0) is 61.7 Å². The summed E-state index contributed by atoms with van der Waals surface area (Å²) in [6, 6.07) is 7.50. The monoisotopic (exact) mass is 457 g/mol. The number of hydrogen-bond acceptors (Lipinski definition) is 2. The molecule has 17 heavy (non-hydrogen) atoms. The third kappa shape index (κ3) is 3.14. The van der Waals surface area contributed by atoms with Crippen molar-refractivity contribution in [2.24, 2.45) is 5.73 Å². The van der Waals surface area contributed by atoms with Crippen molar-refractivity contribution >= 4 is 70.7 Å². The lowest BCUT2D eigenvalue weighted by atomic mass is 10.1. The van der Waals surface area contributed by atoms with Crippen LogP contribution >= 0.6 is 70.7 Å². The van der Waals surface area contributed by atoms with Crippen LogP contribution in [0, 0.1) is 0 Å². The molecule has 0 bridgehead atoms. The topological polar surface area (TPSA) is 26.0 Å². The van der Waals surface area contributed by atoms with E-state index >= 15 is 0 Å². The SMILES string of the molecule is NC(c1cc(Br)c(Br)s1)c1cc(Br)ccc1Cl. The molecule has 2 aromatic rings. The van der Waals surface area contributed by atoms with Gasteiger partial charge in [-0.25, -0.2) is 0 Å². The lowest BCUT2D eigenvalue weighted by Crippen LogP contribution is -2.10. The molecule has 0 aliphatic rings. The van der Waals surface area contributed by atoms with Crippen LogP contribution in [-0.4, -0.2) is 0 Å². The summed E-state index contributed by atoms with van der Waals surface area (Å²) in [5, 5.41) is 0.682. The first-order valence-electron chi connectivity index (χ1n) is 4.64. The van der Waals surface area contributed by atoms with Crippen LogP contribution in [0.15, 0.2) is 37.0 Å². The summed E-state index contributed by atoms with van der Waals surface area (Å²) in [4.78, 5) is 1.06. The van der Waals surface area contributed by atoms with Gasteiger partial charge >= 0.3 is 0 Å². The van der Waals surface area contributed by atoms with Gasteiger partial charge in [-0.15, -0.1) is 11.3 Å². The van der Waals surface area contributed by atoms with E-state index in [1.54, 1.807) is 11.3 Å². The van der Waals surface area contributed by atoms with E-state index in [0.717, 1.165) is 23.2 Å². The highest BCUT2D eigenvalue weighted by molar-refractivity contribution is 9.13. The first-order chi connectivity index (χ1) is 7.99. The van der Waals surface area contributed by atoms with Crippen LogP contribution in [0.2, 0.25) is 5.02 Å².